The number of carbonyl (C=O) groups excluding carboxylic acids is 1. The number of hydrogen-bond donors (Lipinski definition) is 1. The largest absolute Gasteiger partial charge is 0.489 e. The highest BCUT2D eigenvalue weighted by Gasteiger charge is 2.04. The molecule has 3 rings (SSSR count). The number of halogens is 1. The van der Waals surface area contributed by atoms with Gasteiger partial charge in [0.25, 0.3) is 5.91 Å². The summed E-state index contributed by atoms with van der Waals surface area (Å²) in [7, 11) is 0. The zero-order chi connectivity index (χ0) is 18.2. The van der Waals surface area contributed by atoms with Gasteiger partial charge in [-0.15, -0.1) is 0 Å². The summed E-state index contributed by atoms with van der Waals surface area (Å²) in [6.07, 6.45) is 1.46. The lowest BCUT2D eigenvalue weighted by Gasteiger charge is -2.06. The Kier molecular flexibility index (Phi) is 5.72. The van der Waals surface area contributed by atoms with E-state index in [9.17, 15) is 9.18 Å². The van der Waals surface area contributed by atoms with E-state index in [4.69, 9.17) is 4.74 Å². The maximum absolute atomic E-state index is 12.8. The van der Waals surface area contributed by atoms with Crippen molar-refractivity contribution in [3.05, 3.63) is 101 Å². The number of ether oxygens (including phenoxy) is 1. The highest BCUT2D eigenvalue weighted by molar-refractivity contribution is 5.94. The standard InChI is InChI=1S/C21H17FN2O2/c22-19-12-8-16(9-13-19)14-23-24-21(25)18-10-6-17(7-11-18)15-26-20-4-2-1-3-5-20/h1-14H,15H2,(H,24,25)/b23-14-. The van der Waals surface area contributed by atoms with Crippen LogP contribution in [0.4, 0.5) is 4.39 Å². The Labute approximate surface area is 150 Å². The first-order chi connectivity index (χ1) is 12.7. The molecular formula is C21H17FN2O2. The number of hydrogen-bond acceptors (Lipinski definition) is 3. The topological polar surface area (TPSA) is 50.7 Å². The third-order valence-electron chi connectivity index (χ3n) is 3.61. The summed E-state index contributed by atoms with van der Waals surface area (Å²) in [5, 5.41) is 3.87. The van der Waals surface area contributed by atoms with Crippen LogP contribution in [0.5, 0.6) is 5.75 Å². The lowest BCUT2D eigenvalue weighted by atomic mass is 10.1. The minimum atomic E-state index is -0.320. The van der Waals surface area contributed by atoms with Gasteiger partial charge in [-0.3, -0.25) is 4.79 Å². The number of para-hydroxylation sites is 1. The van der Waals surface area contributed by atoms with Gasteiger partial charge in [-0.05, 0) is 47.5 Å². The van der Waals surface area contributed by atoms with Gasteiger partial charge in [0, 0.05) is 5.56 Å². The molecule has 5 heteroatoms. The van der Waals surface area contributed by atoms with E-state index >= 15 is 0 Å². The minimum Gasteiger partial charge on any atom is -0.489 e. The first-order valence-corrected chi connectivity index (χ1v) is 8.06. The fraction of sp³-hybridized carbons (Fsp3) is 0.0476. The van der Waals surface area contributed by atoms with Crippen LogP contribution in [-0.4, -0.2) is 12.1 Å². The molecule has 0 heterocycles. The molecule has 0 spiro atoms. The average molecular weight is 348 g/mol. The third-order valence-corrected chi connectivity index (χ3v) is 3.61. The van der Waals surface area contributed by atoms with Gasteiger partial charge in [0.15, 0.2) is 0 Å². The fourth-order valence-corrected chi connectivity index (χ4v) is 2.21. The summed E-state index contributed by atoms with van der Waals surface area (Å²) in [5.41, 5.74) is 4.59. The van der Waals surface area contributed by atoms with Crippen LogP contribution in [0.1, 0.15) is 21.5 Å². The lowest BCUT2D eigenvalue weighted by molar-refractivity contribution is 0.0955. The van der Waals surface area contributed by atoms with Crippen molar-refractivity contribution in [3.8, 4) is 5.75 Å². The van der Waals surface area contributed by atoms with E-state index in [0.717, 1.165) is 11.3 Å². The van der Waals surface area contributed by atoms with Crippen LogP contribution in [0.15, 0.2) is 84.0 Å². The van der Waals surface area contributed by atoms with Gasteiger partial charge in [-0.2, -0.15) is 5.10 Å². The number of carbonyl (C=O) groups is 1. The molecule has 3 aromatic rings. The Balaban J connectivity index is 1.52. The highest BCUT2D eigenvalue weighted by Crippen LogP contribution is 2.12. The molecule has 26 heavy (non-hydrogen) atoms. The molecule has 0 atom stereocenters. The van der Waals surface area contributed by atoms with E-state index in [1.807, 2.05) is 42.5 Å². The van der Waals surface area contributed by atoms with Crippen molar-refractivity contribution in [2.45, 2.75) is 6.61 Å². The smallest absolute Gasteiger partial charge is 0.271 e. The molecule has 0 fully saturated rings. The van der Waals surface area contributed by atoms with Crippen molar-refractivity contribution < 1.29 is 13.9 Å². The summed E-state index contributed by atoms with van der Waals surface area (Å²) in [6, 6.07) is 22.4. The Hall–Kier alpha value is -3.47. The molecule has 0 aliphatic heterocycles. The number of rotatable bonds is 6. The molecule has 1 amide bonds. The fourth-order valence-electron chi connectivity index (χ4n) is 2.21. The number of benzene rings is 3. The predicted molar refractivity (Wildman–Crippen MR) is 98.7 cm³/mol. The highest BCUT2D eigenvalue weighted by atomic mass is 19.1. The van der Waals surface area contributed by atoms with E-state index in [1.165, 1.54) is 18.3 Å². The molecule has 0 saturated carbocycles. The van der Waals surface area contributed by atoms with Crippen molar-refractivity contribution in [1.29, 1.82) is 0 Å². The summed E-state index contributed by atoms with van der Waals surface area (Å²) in [4.78, 5) is 12.1. The van der Waals surface area contributed by atoms with Gasteiger partial charge in [0.1, 0.15) is 18.2 Å². The van der Waals surface area contributed by atoms with Crippen molar-refractivity contribution in [2.75, 3.05) is 0 Å². The van der Waals surface area contributed by atoms with Gasteiger partial charge in [-0.25, -0.2) is 9.82 Å². The number of hydrazone groups is 1. The van der Waals surface area contributed by atoms with E-state index in [1.54, 1.807) is 24.3 Å². The Morgan fingerprint density at radius 3 is 2.35 bits per heavy atom. The van der Waals surface area contributed by atoms with Crippen molar-refractivity contribution in [1.82, 2.24) is 5.43 Å². The molecule has 0 aliphatic carbocycles. The van der Waals surface area contributed by atoms with Crippen molar-refractivity contribution >= 4 is 12.1 Å². The van der Waals surface area contributed by atoms with E-state index in [0.29, 0.717) is 17.7 Å². The first-order valence-electron chi connectivity index (χ1n) is 8.06. The van der Waals surface area contributed by atoms with Gasteiger partial charge >= 0.3 is 0 Å². The molecule has 1 N–H and O–H groups in total. The molecular weight excluding hydrogens is 331 g/mol. The van der Waals surface area contributed by atoms with Gasteiger partial charge in [0.05, 0.1) is 6.21 Å². The number of nitrogens with zero attached hydrogens (tertiary/aromatic N) is 1. The van der Waals surface area contributed by atoms with Crippen LogP contribution >= 0.6 is 0 Å². The minimum absolute atomic E-state index is 0.317. The zero-order valence-electron chi connectivity index (χ0n) is 13.9. The molecule has 0 bridgehead atoms. The van der Waals surface area contributed by atoms with Crippen molar-refractivity contribution in [2.24, 2.45) is 5.10 Å². The first kappa shape index (κ1) is 17.4. The zero-order valence-corrected chi connectivity index (χ0v) is 13.9. The molecule has 4 nitrogen and oxygen atoms in total. The maximum Gasteiger partial charge on any atom is 0.271 e. The summed E-state index contributed by atoms with van der Waals surface area (Å²) >= 11 is 0. The Morgan fingerprint density at radius 1 is 0.962 bits per heavy atom. The Morgan fingerprint density at radius 2 is 1.65 bits per heavy atom. The molecule has 0 unspecified atom stereocenters. The summed E-state index contributed by atoms with van der Waals surface area (Å²) < 4.78 is 18.5. The molecule has 0 radical (unpaired) electrons. The monoisotopic (exact) mass is 348 g/mol. The van der Waals surface area contributed by atoms with E-state index in [2.05, 4.69) is 10.5 Å². The molecule has 0 aliphatic rings. The van der Waals surface area contributed by atoms with E-state index < -0.39 is 0 Å². The van der Waals surface area contributed by atoms with Crippen LogP contribution in [-0.2, 0) is 6.61 Å². The number of amides is 1. The van der Waals surface area contributed by atoms with Crippen LogP contribution in [0, 0.1) is 5.82 Å². The van der Waals surface area contributed by atoms with Gasteiger partial charge in [-0.1, -0.05) is 42.5 Å². The number of nitrogens with one attached hydrogen (secondary N) is 1. The maximum atomic E-state index is 12.8. The second-order valence-corrected chi connectivity index (χ2v) is 5.55. The average Bonchev–Trinajstić information content (AvgIpc) is 2.69. The summed E-state index contributed by atoms with van der Waals surface area (Å²) in [5.74, 6) is 0.158. The predicted octanol–water partition coefficient (Wildman–Crippen LogP) is 4.17. The normalized spacial score (nSPS) is 10.7. The van der Waals surface area contributed by atoms with Crippen molar-refractivity contribution in [3.63, 3.8) is 0 Å². The lowest BCUT2D eigenvalue weighted by Crippen LogP contribution is -2.17. The molecule has 0 aromatic heterocycles. The molecule has 130 valence electrons. The molecule has 3 aromatic carbocycles. The van der Waals surface area contributed by atoms with Crippen LogP contribution in [0.3, 0.4) is 0 Å². The Bertz CT molecular complexity index is 876. The van der Waals surface area contributed by atoms with E-state index in [-0.39, 0.29) is 11.7 Å². The summed E-state index contributed by atoms with van der Waals surface area (Å²) in [6.45, 7) is 0.425. The third kappa shape index (κ3) is 5.01. The van der Waals surface area contributed by atoms with Crippen LogP contribution in [0.2, 0.25) is 0 Å². The quantitative estimate of drug-likeness (QED) is 0.537. The van der Waals surface area contributed by atoms with Gasteiger partial charge in [0.2, 0.25) is 0 Å². The van der Waals surface area contributed by atoms with Gasteiger partial charge < -0.3 is 4.74 Å². The molecule has 0 saturated heterocycles. The second kappa shape index (κ2) is 8.58. The SMILES string of the molecule is O=C(N/N=C\c1ccc(F)cc1)c1ccc(COc2ccccc2)cc1. The second-order valence-electron chi connectivity index (χ2n) is 5.55. The van der Waals surface area contributed by atoms with Crippen LogP contribution in [0.25, 0.3) is 0 Å². The van der Waals surface area contributed by atoms with Crippen LogP contribution < -0.4 is 10.2 Å².